The molecule has 36 heavy (non-hydrogen) atoms. The second kappa shape index (κ2) is 9.44. The summed E-state index contributed by atoms with van der Waals surface area (Å²) in [5, 5.41) is 2.51. The van der Waals surface area contributed by atoms with Crippen molar-refractivity contribution in [2.24, 2.45) is 0 Å². The smallest absolute Gasteiger partial charge is 0.273 e. The van der Waals surface area contributed by atoms with Gasteiger partial charge in [0, 0.05) is 38.1 Å². The molecule has 3 aliphatic rings. The van der Waals surface area contributed by atoms with E-state index in [9.17, 15) is 9.59 Å². The minimum atomic E-state index is -0.118. The zero-order valence-corrected chi connectivity index (χ0v) is 20.8. The molecule has 10 heteroatoms. The highest BCUT2D eigenvalue weighted by Gasteiger charge is 2.28. The second-order valence-electron chi connectivity index (χ2n) is 9.12. The lowest BCUT2D eigenvalue weighted by Gasteiger charge is -2.34. The molecule has 1 aromatic heterocycles. The monoisotopic (exact) mass is 506 g/mol. The molecule has 1 fully saturated rings. The summed E-state index contributed by atoms with van der Waals surface area (Å²) in [5.41, 5.74) is 3.40. The number of thiazole rings is 1. The van der Waals surface area contributed by atoms with Crippen LogP contribution in [-0.4, -0.2) is 66.2 Å². The van der Waals surface area contributed by atoms with Crippen LogP contribution >= 0.6 is 11.3 Å². The summed E-state index contributed by atoms with van der Waals surface area (Å²) in [6.07, 6.45) is 0. The first-order valence-corrected chi connectivity index (χ1v) is 12.8. The number of piperazine rings is 1. The number of ether oxygens (including phenoxy) is 3. The lowest BCUT2D eigenvalue weighted by molar-refractivity contribution is -0.121. The molecule has 1 saturated heterocycles. The van der Waals surface area contributed by atoms with Gasteiger partial charge in [0.1, 0.15) is 16.5 Å². The molecule has 186 valence electrons. The Bertz CT molecular complexity index is 1320. The Labute approximate surface area is 212 Å². The van der Waals surface area contributed by atoms with E-state index >= 15 is 0 Å². The first kappa shape index (κ1) is 22.8. The van der Waals surface area contributed by atoms with Crippen molar-refractivity contribution < 1.29 is 23.8 Å². The third-order valence-corrected chi connectivity index (χ3v) is 7.46. The van der Waals surface area contributed by atoms with E-state index < -0.39 is 0 Å². The van der Waals surface area contributed by atoms with Gasteiger partial charge in [-0.15, -0.1) is 11.3 Å². The molecule has 0 N–H and O–H groups in total. The summed E-state index contributed by atoms with van der Waals surface area (Å²) < 4.78 is 16.4. The van der Waals surface area contributed by atoms with E-state index in [1.807, 2.05) is 42.2 Å². The predicted octanol–water partition coefficient (Wildman–Crippen LogP) is 3.06. The van der Waals surface area contributed by atoms with Gasteiger partial charge in [-0.25, -0.2) is 4.98 Å². The van der Waals surface area contributed by atoms with E-state index in [0.29, 0.717) is 31.1 Å². The fourth-order valence-corrected chi connectivity index (χ4v) is 5.43. The van der Waals surface area contributed by atoms with Crippen LogP contribution in [0.2, 0.25) is 0 Å². The first-order chi connectivity index (χ1) is 17.5. The number of nitrogens with zero attached hydrogens (tertiary/aromatic N) is 4. The van der Waals surface area contributed by atoms with Gasteiger partial charge in [-0.05, 0) is 42.3 Å². The molecule has 6 rings (SSSR count). The molecule has 0 saturated carbocycles. The van der Waals surface area contributed by atoms with Crippen molar-refractivity contribution in [3.63, 3.8) is 0 Å². The minimum Gasteiger partial charge on any atom is -0.482 e. The Morgan fingerprint density at radius 2 is 1.81 bits per heavy atom. The van der Waals surface area contributed by atoms with Crippen molar-refractivity contribution >= 4 is 28.8 Å². The molecule has 2 amide bonds. The molecule has 0 aliphatic carbocycles. The number of benzene rings is 2. The Morgan fingerprint density at radius 1 is 0.972 bits per heavy atom. The van der Waals surface area contributed by atoms with Crippen LogP contribution in [-0.2, 0) is 17.9 Å². The standard InChI is InChI=1S/C26H26N4O5S/c1-17-2-4-20-22(10-17)33-14-25(31)30(20)13-24-27-19(15-36-24)26(32)29-8-6-28(7-9-29)12-18-3-5-21-23(11-18)35-16-34-21/h2-5,10-11,15H,6-9,12-14,16H2,1H3. The number of fused-ring (bicyclic) bond motifs is 2. The summed E-state index contributed by atoms with van der Waals surface area (Å²) in [6.45, 7) is 6.24. The number of hydrogen-bond donors (Lipinski definition) is 0. The molecule has 0 atom stereocenters. The second-order valence-corrected chi connectivity index (χ2v) is 10.1. The summed E-state index contributed by atoms with van der Waals surface area (Å²) >= 11 is 1.40. The van der Waals surface area contributed by atoms with Gasteiger partial charge in [0.15, 0.2) is 18.1 Å². The predicted molar refractivity (Wildman–Crippen MR) is 134 cm³/mol. The number of carbonyl (C=O) groups is 2. The fraction of sp³-hybridized carbons (Fsp3) is 0.346. The first-order valence-electron chi connectivity index (χ1n) is 11.9. The van der Waals surface area contributed by atoms with Crippen LogP contribution in [0.25, 0.3) is 0 Å². The van der Waals surface area contributed by atoms with Crippen LogP contribution in [0.5, 0.6) is 17.2 Å². The van der Waals surface area contributed by atoms with E-state index in [2.05, 4.69) is 16.0 Å². The topological polar surface area (TPSA) is 84.4 Å². The van der Waals surface area contributed by atoms with Gasteiger partial charge >= 0.3 is 0 Å². The van der Waals surface area contributed by atoms with E-state index in [1.54, 1.807) is 10.3 Å². The highest BCUT2D eigenvalue weighted by Crippen LogP contribution is 2.35. The summed E-state index contributed by atoms with van der Waals surface area (Å²) in [6, 6.07) is 11.8. The van der Waals surface area contributed by atoms with Gasteiger partial charge in [-0.2, -0.15) is 0 Å². The Morgan fingerprint density at radius 3 is 2.67 bits per heavy atom. The minimum absolute atomic E-state index is 0.00412. The average Bonchev–Trinajstić information content (AvgIpc) is 3.55. The summed E-state index contributed by atoms with van der Waals surface area (Å²) in [5.74, 6) is 2.09. The molecule has 0 spiro atoms. The normalized spacial score (nSPS) is 17.2. The van der Waals surface area contributed by atoms with Crippen molar-refractivity contribution in [2.45, 2.75) is 20.0 Å². The van der Waals surface area contributed by atoms with E-state index in [4.69, 9.17) is 14.2 Å². The van der Waals surface area contributed by atoms with Crippen molar-refractivity contribution in [1.29, 1.82) is 0 Å². The average molecular weight is 507 g/mol. The van der Waals surface area contributed by atoms with Gasteiger partial charge in [0.05, 0.1) is 12.2 Å². The summed E-state index contributed by atoms with van der Waals surface area (Å²) in [7, 11) is 0. The fourth-order valence-electron chi connectivity index (χ4n) is 4.67. The molecular weight excluding hydrogens is 480 g/mol. The third-order valence-electron chi connectivity index (χ3n) is 6.63. The van der Waals surface area contributed by atoms with Crippen molar-refractivity contribution in [3.8, 4) is 17.2 Å². The van der Waals surface area contributed by atoms with Crippen molar-refractivity contribution in [2.75, 3.05) is 44.5 Å². The van der Waals surface area contributed by atoms with Crippen LogP contribution in [0.3, 0.4) is 0 Å². The number of aromatic nitrogens is 1. The van der Waals surface area contributed by atoms with E-state index in [-0.39, 0.29) is 25.2 Å². The number of anilines is 1. The molecule has 2 aromatic carbocycles. The highest BCUT2D eigenvalue weighted by atomic mass is 32.1. The maximum absolute atomic E-state index is 13.1. The zero-order valence-electron chi connectivity index (χ0n) is 19.9. The van der Waals surface area contributed by atoms with Gasteiger partial charge in [0.2, 0.25) is 6.79 Å². The molecule has 3 aliphatic heterocycles. The number of rotatable bonds is 5. The molecule has 4 heterocycles. The zero-order chi connectivity index (χ0) is 24.6. The van der Waals surface area contributed by atoms with Crippen LogP contribution in [0.4, 0.5) is 5.69 Å². The third kappa shape index (κ3) is 4.49. The molecule has 0 radical (unpaired) electrons. The van der Waals surface area contributed by atoms with Gasteiger partial charge in [-0.3, -0.25) is 19.4 Å². The Balaban J connectivity index is 1.06. The van der Waals surface area contributed by atoms with E-state index in [1.165, 1.54) is 11.3 Å². The van der Waals surface area contributed by atoms with Crippen LogP contribution in [0.15, 0.2) is 41.8 Å². The maximum Gasteiger partial charge on any atom is 0.273 e. The molecule has 0 bridgehead atoms. The van der Waals surface area contributed by atoms with E-state index in [0.717, 1.165) is 53.0 Å². The van der Waals surface area contributed by atoms with Crippen molar-refractivity contribution in [1.82, 2.24) is 14.8 Å². The van der Waals surface area contributed by atoms with Gasteiger partial charge < -0.3 is 19.1 Å². The number of amides is 2. The van der Waals surface area contributed by atoms with Crippen LogP contribution in [0, 0.1) is 6.92 Å². The summed E-state index contributed by atoms with van der Waals surface area (Å²) in [4.78, 5) is 36.1. The van der Waals surface area contributed by atoms with Crippen molar-refractivity contribution in [3.05, 3.63) is 63.6 Å². The Kier molecular flexibility index (Phi) is 5.98. The number of hydrogen-bond acceptors (Lipinski definition) is 8. The number of carbonyl (C=O) groups excluding carboxylic acids is 2. The molecular formula is C26H26N4O5S. The van der Waals surface area contributed by atoms with Gasteiger partial charge in [-0.1, -0.05) is 12.1 Å². The van der Waals surface area contributed by atoms with Gasteiger partial charge in [0.25, 0.3) is 11.8 Å². The quantitative estimate of drug-likeness (QED) is 0.526. The van der Waals surface area contributed by atoms with Crippen LogP contribution < -0.4 is 19.1 Å². The SMILES string of the molecule is Cc1ccc2c(c1)OCC(=O)N2Cc1nc(C(=O)N2CCN(Cc3ccc4c(c3)OCO4)CC2)cs1. The molecule has 9 nitrogen and oxygen atoms in total. The largest absolute Gasteiger partial charge is 0.482 e. The Hall–Kier alpha value is -3.63. The number of aryl methyl sites for hydroxylation is 1. The highest BCUT2D eigenvalue weighted by molar-refractivity contribution is 7.09. The maximum atomic E-state index is 13.1. The lowest BCUT2D eigenvalue weighted by atomic mass is 10.1. The van der Waals surface area contributed by atoms with Crippen LogP contribution in [0.1, 0.15) is 26.6 Å². The lowest BCUT2D eigenvalue weighted by Crippen LogP contribution is -2.48. The molecule has 0 unspecified atom stereocenters. The molecule has 3 aromatic rings.